The fourth-order valence-corrected chi connectivity index (χ4v) is 8.71. The van der Waals surface area contributed by atoms with Crippen LogP contribution < -0.4 is 0 Å². The zero-order valence-corrected chi connectivity index (χ0v) is 21.7. The summed E-state index contributed by atoms with van der Waals surface area (Å²) < 4.78 is 154. The van der Waals surface area contributed by atoms with Crippen molar-refractivity contribution in [3.63, 3.8) is 0 Å². The predicted octanol–water partition coefficient (Wildman–Crippen LogP) is 8.78. The molecule has 3 nitrogen and oxygen atoms in total. The molecule has 3 aromatic carbocycles. The van der Waals surface area contributed by atoms with E-state index < -0.39 is 43.7 Å². The highest BCUT2D eigenvalue weighted by Gasteiger charge is 2.86. The molecule has 0 radical (unpaired) electrons. The van der Waals surface area contributed by atoms with Gasteiger partial charge in [0.15, 0.2) is 0 Å². The van der Waals surface area contributed by atoms with E-state index in [0.717, 1.165) is 0 Å². The van der Waals surface area contributed by atoms with Gasteiger partial charge in [-0.1, -0.05) is 62.4 Å². The van der Waals surface area contributed by atoms with Crippen molar-refractivity contribution in [3.05, 3.63) is 90.5 Å². The summed E-state index contributed by atoms with van der Waals surface area (Å²) in [5, 5.41) is -7.02. The van der Waals surface area contributed by atoms with Crippen LogP contribution in [0.4, 0.5) is 39.5 Å². The van der Waals surface area contributed by atoms with Crippen LogP contribution in [0.1, 0.15) is 25.3 Å². The average molecular weight is 605 g/mol. The molecule has 0 amide bonds. The second-order valence-electron chi connectivity index (χ2n) is 8.59. The fraction of sp³-hybridized carbons (Fsp3) is 0.280. The van der Waals surface area contributed by atoms with Gasteiger partial charge in [0.1, 0.15) is 0 Å². The molecule has 3 rings (SSSR count). The molecule has 0 spiro atoms. The van der Waals surface area contributed by atoms with E-state index in [1.54, 1.807) is 0 Å². The second-order valence-corrected chi connectivity index (χ2v) is 13.1. The van der Waals surface area contributed by atoms with E-state index in [1.165, 1.54) is 84.9 Å². The van der Waals surface area contributed by atoms with Crippen molar-refractivity contribution in [1.29, 1.82) is 0 Å². The van der Waals surface area contributed by atoms with Gasteiger partial charge in [0, 0.05) is 14.7 Å². The van der Waals surface area contributed by atoms with Crippen LogP contribution in [0.15, 0.2) is 99.6 Å². The Hall–Kier alpha value is -2.71. The lowest BCUT2D eigenvalue weighted by atomic mass is 10.0. The molecule has 0 saturated carbocycles. The molecule has 0 fully saturated rings. The molecule has 0 N–H and O–H groups in total. The van der Waals surface area contributed by atoms with Crippen molar-refractivity contribution in [1.82, 2.24) is 0 Å². The highest BCUT2D eigenvalue weighted by Crippen LogP contribution is 2.71. The first-order chi connectivity index (χ1) is 17.8. The van der Waals surface area contributed by atoms with E-state index in [2.05, 4.69) is 0 Å². The number of benzene rings is 3. The Morgan fingerprint density at radius 1 is 0.590 bits per heavy atom. The maximum Gasteiger partial charge on any atom is 0.460 e. The third kappa shape index (κ3) is 5.13. The first-order valence-corrected chi connectivity index (χ1v) is 14.0. The molecule has 0 aliphatic heterocycles. The van der Waals surface area contributed by atoms with E-state index in [1.807, 2.05) is 13.8 Å². The van der Waals surface area contributed by atoms with Gasteiger partial charge in [-0.05, 0) is 58.2 Å². The van der Waals surface area contributed by atoms with Gasteiger partial charge in [-0.15, -0.1) is 0 Å². The van der Waals surface area contributed by atoms with Gasteiger partial charge < -0.3 is 0 Å². The third-order valence-corrected chi connectivity index (χ3v) is 10.9. The standard InChI is InChI=1S/C25H21F9O3S2/c1-17(2)18-13-15-21(16-14-18)38(19-9-5-3-6-10-19,20-11-7-4-8-12-20)37-39(35,36)25(33,34)23(28,29)22(26,27)24(30,31)32/h3-17H,1-2H3. The minimum Gasteiger partial charge on any atom is -0.202 e. The first kappa shape index (κ1) is 30.8. The summed E-state index contributed by atoms with van der Waals surface area (Å²) in [4.78, 5) is -0.410. The molecule has 0 bridgehead atoms. The Morgan fingerprint density at radius 3 is 1.33 bits per heavy atom. The lowest BCUT2D eigenvalue weighted by Crippen LogP contribution is -2.63. The molecule has 39 heavy (non-hydrogen) atoms. The maximum absolute atomic E-state index is 14.8. The molecule has 0 atom stereocenters. The highest BCUT2D eigenvalue weighted by atomic mass is 32.3. The highest BCUT2D eigenvalue weighted by molar-refractivity contribution is 8.33. The van der Waals surface area contributed by atoms with Gasteiger partial charge in [-0.25, -0.2) is 3.63 Å². The SMILES string of the molecule is CC(C)c1ccc(S(OS(=O)(=O)C(F)(F)C(F)(F)C(F)(F)C(F)(F)F)(c2ccccc2)c2ccccc2)cc1. The molecule has 0 heterocycles. The minimum atomic E-state index is -7.43. The molecule has 0 unspecified atom stereocenters. The van der Waals surface area contributed by atoms with Crippen molar-refractivity contribution in [2.24, 2.45) is 0 Å². The summed E-state index contributed by atoms with van der Waals surface area (Å²) in [7, 11) is -11.2. The van der Waals surface area contributed by atoms with Crippen LogP contribution in [-0.2, 0) is 13.7 Å². The Kier molecular flexibility index (Phi) is 8.19. The van der Waals surface area contributed by atoms with Crippen LogP contribution in [0.3, 0.4) is 0 Å². The second kappa shape index (κ2) is 10.4. The van der Waals surface area contributed by atoms with Crippen molar-refractivity contribution in [3.8, 4) is 0 Å². The summed E-state index contributed by atoms with van der Waals surface area (Å²) in [6, 6.07) is 18.8. The van der Waals surface area contributed by atoms with Crippen molar-refractivity contribution in [2.75, 3.05) is 0 Å². The summed E-state index contributed by atoms with van der Waals surface area (Å²) in [5.74, 6) is -14.9. The lowest BCUT2D eigenvalue weighted by Gasteiger charge is -2.41. The van der Waals surface area contributed by atoms with Crippen LogP contribution in [0, 0.1) is 0 Å². The summed E-state index contributed by atoms with van der Waals surface area (Å²) >= 11 is 0. The van der Waals surface area contributed by atoms with E-state index in [-0.39, 0.29) is 20.6 Å². The van der Waals surface area contributed by atoms with Gasteiger partial charge in [0.25, 0.3) is 0 Å². The summed E-state index contributed by atoms with van der Waals surface area (Å²) in [6.07, 6.45) is -7.20. The largest absolute Gasteiger partial charge is 0.460 e. The number of halogens is 9. The van der Waals surface area contributed by atoms with E-state index in [0.29, 0.717) is 5.56 Å². The molecule has 0 aliphatic carbocycles. The van der Waals surface area contributed by atoms with Crippen molar-refractivity contribution < 1.29 is 51.6 Å². The quantitative estimate of drug-likeness (QED) is 0.229. The molecule has 0 aliphatic rings. The molecule has 0 saturated heterocycles. The van der Waals surface area contributed by atoms with Gasteiger partial charge in [0.05, 0.1) is 0 Å². The van der Waals surface area contributed by atoms with E-state index in [9.17, 15) is 47.9 Å². The van der Waals surface area contributed by atoms with E-state index >= 15 is 0 Å². The van der Waals surface area contributed by atoms with Gasteiger partial charge in [-0.2, -0.15) is 47.9 Å². The summed E-state index contributed by atoms with van der Waals surface area (Å²) in [5.41, 5.74) is 0.706. The Balaban J connectivity index is 2.35. The Bertz CT molecular complexity index is 1340. The summed E-state index contributed by atoms with van der Waals surface area (Å²) in [6.45, 7) is 3.63. The van der Waals surface area contributed by atoms with Crippen LogP contribution in [-0.4, -0.2) is 31.7 Å². The zero-order valence-electron chi connectivity index (χ0n) is 20.1. The molecular formula is C25H21F9O3S2. The molecule has 214 valence electrons. The number of alkyl halides is 9. The normalized spacial score (nSPS) is 14.5. The van der Waals surface area contributed by atoms with Crippen LogP contribution in [0.5, 0.6) is 0 Å². The lowest BCUT2D eigenvalue weighted by molar-refractivity contribution is -0.382. The Labute approximate surface area is 220 Å². The monoisotopic (exact) mass is 604 g/mol. The van der Waals surface area contributed by atoms with Crippen LogP contribution >= 0.6 is 10.3 Å². The van der Waals surface area contributed by atoms with E-state index in [4.69, 9.17) is 3.63 Å². The van der Waals surface area contributed by atoms with Gasteiger partial charge >= 0.3 is 33.4 Å². The van der Waals surface area contributed by atoms with Crippen LogP contribution in [0.2, 0.25) is 0 Å². The van der Waals surface area contributed by atoms with Gasteiger partial charge in [-0.3, -0.25) is 0 Å². The third-order valence-electron chi connectivity index (χ3n) is 5.65. The van der Waals surface area contributed by atoms with Crippen molar-refractivity contribution in [2.45, 2.75) is 57.7 Å². The zero-order chi connectivity index (χ0) is 29.5. The topological polar surface area (TPSA) is 43.4 Å². The minimum absolute atomic E-state index is 0.0471. The molecule has 14 heteroatoms. The fourth-order valence-electron chi connectivity index (χ4n) is 3.49. The van der Waals surface area contributed by atoms with Crippen LogP contribution in [0.25, 0.3) is 0 Å². The molecular weight excluding hydrogens is 583 g/mol. The average Bonchev–Trinajstić information content (AvgIpc) is 2.87. The molecule has 3 aromatic rings. The smallest absolute Gasteiger partial charge is 0.202 e. The number of hydrogen-bond donors (Lipinski definition) is 0. The molecule has 0 aromatic heterocycles. The number of hydrogen-bond acceptors (Lipinski definition) is 3. The van der Waals surface area contributed by atoms with Gasteiger partial charge in [0.2, 0.25) is 0 Å². The Morgan fingerprint density at radius 2 is 0.974 bits per heavy atom. The predicted molar refractivity (Wildman–Crippen MR) is 127 cm³/mol. The first-order valence-electron chi connectivity index (χ1n) is 11.0. The van der Waals surface area contributed by atoms with Crippen molar-refractivity contribution >= 4 is 20.4 Å². The number of rotatable bonds is 9. The maximum atomic E-state index is 14.8.